The van der Waals surface area contributed by atoms with Crippen LogP contribution in [0.4, 0.5) is 5.69 Å². The van der Waals surface area contributed by atoms with Crippen molar-refractivity contribution in [2.75, 3.05) is 5.32 Å². The average molecular weight is 273 g/mol. The Bertz CT molecular complexity index is 516. The van der Waals surface area contributed by atoms with Gasteiger partial charge in [0.2, 0.25) is 0 Å². The number of benzene rings is 1. The number of ketones is 1. The summed E-state index contributed by atoms with van der Waals surface area (Å²) in [5, 5.41) is 7.74. The van der Waals surface area contributed by atoms with Crippen molar-refractivity contribution in [1.82, 2.24) is 0 Å². The predicted octanol–water partition coefficient (Wildman–Crippen LogP) is 4.38. The highest BCUT2D eigenvalue weighted by Crippen LogP contribution is 2.15. The zero-order valence-corrected chi connectivity index (χ0v) is 12.2. The lowest BCUT2D eigenvalue weighted by molar-refractivity contribution is 0.0988. The maximum atomic E-state index is 11.5. The smallest absolute Gasteiger partial charge is 0.162 e. The molecule has 1 heterocycles. The molecular weight excluding hydrogens is 254 g/mol. The van der Waals surface area contributed by atoms with Gasteiger partial charge in [-0.25, -0.2) is 0 Å². The number of thiophene rings is 1. The molecule has 0 spiro atoms. The molecule has 0 aliphatic carbocycles. The third-order valence-electron chi connectivity index (χ3n) is 3.06. The van der Waals surface area contributed by atoms with Gasteiger partial charge in [0.15, 0.2) is 5.78 Å². The van der Waals surface area contributed by atoms with Crippen LogP contribution in [-0.4, -0.2) is 11.8 Å². The highest BCUT2D eigenvalue weighted by Gasteiger charge is 2.06. The molecule has 100 valence electrons. The Morgan fingerprint density at radius 3 is 2.58 bits per heavy atom. The van der Waals surface area contributed by atoms with E-state index in [1.165, 1.54) is 5.56 Å². The van der Waals surface area contributed by atoms with E-state index in [0.717, 1.165) is 17.7 Å². The molecule has 0 saturated carbocycles. The molecule has 3 heteroatoms. The van der Waals surface area contributed by atoms with Crippen molar-refractivity contribution in [3.8, 4) is 0 Å². The molecule has 0 saturated heterocycles. The van der Waals surface area contributed by atoms with Crippen LogP contribution >= 0.6 is 11.3 Å². The molecule has 0 fully saturated rings. The van der Waals surface area contributed by atoms with Crippen LogP contribution in [0, 0.1) is 0 Å². The first-order valence-corrected chi connectivity index (χ1v) is 7.54. The van der Waals surface area contributed by atoms with Crippen molar-refractivity contribution in [3.63, 3.8) is 0 Å². The molecule has 1 aromatic heterocycles. The van der Waals surface area contributed by atoms with Gasteiger partial charge in [-0.3, -0.25) is 4.79 Å². The minimum absolute atomic E-state index is 0.192. The molecule has 1 unspecified atom stereocenters. The molecule has 2 aromatic rings. The first kappa shape index (κ1) is 13.8. The lowest BCUT2D eigenvalue weighted by Crippen LogP contribution is -2.17. The fourth-order valence-electron chi connectivity index (χ4n) is 2.05. The second kappa shape index (κ2) is 6.53. The third-order valence-corrected chi connectivity index (χ3v) is 3.80. The largest absolute Gasteiger partial charge is 0.382 e. The second-order valence-electron chi connectivity index (χ2n) is 4.74. The van der Waals surface area contributed by atoms with Crippen molar-refractivity contribution in [3.05, 3.63) is 52.2 Å². The summed E-state index contributed by atoms with van der Waals surface area (Å²) in [6.07, 6.45) is 1.57. The van der Waals surface area contributed by atoms with Gasteiger partial charge in [0.25, 0.3) is 0 Å². The van der Waals surface area contributed by atoms with E-state index >= 15 is 0 Å². The molecule has 0 amide bonds. The van der Waals surface area contributed by atoms with Gasteiger partial charge in [-0.15, -0.1) is 0 Å². The summed E-state index contributed by atoms with van der Waals surface area (Å²) in [5.41, 5.74) is 3.22. The number of hydrogen-bond donors (Lipinski definition) is 1. The van der Waals surface area contributed by atoms with Crippen LogP contribution in [0.15, 0.2) is 41.1 Å². The summed E-state index contributed by atoms with van der Waals surface area (Å²) in [4.78, 5) is 11.5. The van der Waals surface area contributed by atoms with Crippen molar-refractivity contribution >= 4 is 22.8 Å². The van der Waals surface area contributed by atoms with Gasteiger partial charge in [0, 0.05) is 23.7 Å². The molecular formula is C16H19NOS. The van der Waals surface area contributed by atoms with Gasteiger partial charge in [-0.2, -0.15) is 11.3 Å². The van der Waals surface area contributed by atoms with Crippen LogP contribution in [-0.2, 0) is 6.42 Å². The topological polar surface area (TPSA) is 29.1 Å². The van der Waals surface area contributed by atoms with Crippen molar-refractivity contribution < 1.29 is 4.79 Å². The first-order valence-electron chi connectivity index (χ1n) is 6.60. The van der Waals surface area contributed by atoms with Crippen LogP contribution in [0.5, 0.6) is 0 Å². The van der Waals surface area contributed by atoms with E-state index in [2.05, 4.69) is 29.1 Å². The van der Waals surface area contributed by atoms with Gasteiger partial charge in [-0.1, -0.05) is 6.92 Å². The first-order chi connectivity index (χ1) is 9.19. The van der Waals surface area contributed by atoms with E-state index in [0.29, 0.717) is 12.5 Å². The van der Waals surface area contributed by atoms with E-state index in [1.807, 2.05) is 31.2 Å². The number of Topliss-reactive ketones (excluding diaryl/α,β-unsaturated/α-hetero) is 1. The Morgan fingerprint density at radius 2 is 2.00 bits per heavy atom. The fraction of sp³-hybridized carbons (Fsp3) is 0.312. The summed E-state index contributed by atoms with van der Waals surface area (Å²) in [5.74, 6) is 0.192. The quantitative estimate of drug-likeness (QED) is 0.791. The van der Waals surface area contributed by atoms with Crippen LogP contribution in [0.25, 0.3) is 0 Å². The van der Waals surface area contributed by atoms with Gasteiger partial charge >= 0.3 is 0 Å². The molecule has 0 radical (unpaired) electrons. The van der Waals surface area contributed by atoms with E-state index in [4.69, 9.17) is 0 Å². The summed E-state index contributed by atoms with van der Waals surface area (Å²) in [6.45, 7) is 4.06. The highest BCUT2D eigenvalue weighted by atomic mass is 32.1. The van der Waals surface area contributed by atoms with Crippen molar-refractivity contribution in [2.24, 2.45) is 0 Å². The lowest BCUT2D eigenvalue weighted by atomic mass is 10.1. The van der Waals surface area contributed by atoms with Gasteiger partial charge < -0.3 is 5.32 Å². The Balaban J connectivity index is 1.93. The number of anilines is 1. The number of carbonyl (C=O) groups excluding carboxylic acids is 1. The summed E-state index contributed by atoms with van der Waals surface area (Å²) >= 11 is 1.73. The molecule has 0 aliphatic rings. The van der Waals surface area contributed by atoms with E-state index < -0.39 is 0 Å². The minimum atomic E-state index is 0.192. The zero-order valence-electron chi connectivity index (χ0n) is 11.3. The fourth-order valence-corrected chi connectivity index (χ4v) is 2.74. The van der Waals surface area contributed by atoms with Crippen LogP contribution in [0.1, 0.15) is 36.2 Å². The Kier molecular flexibility index (Phi) is 4.74. The summed E-state index contributed by atoms with van der Waals surface area (Å²) in [7, 11) is 0. The maximum Gasteiger partial charge on any atom is 0.162 e. The molecule has 1 atom stereocenters. The maximum absolute atomic E-state index is 11.5. The Hall–Kier alpha value is -1.61. The predicted molar refractivity (Wildman–Crippen MR) is 82.2 cm³/mol. The minimum Gasteiger partial charge on any atom is -0.382 e. The number of carbonyl (C=O) groups is 1. The highest BCUT2D eigenvalue weighted by molar-refractivity contribution is 7.07. The summed E-state index contributed by atoms with van der Waals surface area (Å²) < 4.78 is 0. The van der Waals surface area contributed by atoms with Crippen LogP contribution in [0.2, 0.25) is 0 Å². The van der Waals surface area contributed by atoms with Gasteiger partial charge in [0.05, 0.1) is 0 Å². The van der Waals surface area contributed by atoms with Crippen LogP contribution < -0.4 is 5.32 Å². The van der Waals surface area contributed by atoms with E-state index in [9.17, 15) is 4.79 Å². The van der Waals surface area contributed by atoms with Crippen molar-refractivity contribution in [2.45, 2.75) is 32.7 Å². The van der Waals surface area contributed by atoms with Crippen LogP contribution in [0.3, 0.4) is 0 Å². The molecule has 1 N–H and O–H groups in total. The molecule has 2 rings (SSSR count). The van der Waals surface area contributed by atoms with Gasteiger partial charge in [-0.05, 0) is 60.0 Å². The molecule has 0 aliphatic heterocycles. The van der Waals surface area contributed by atoms with Gasteiger partial charge in [0.1, 0.15) is 0 Å². The number of nitrogens with one attached hydrogen (secondary N) is 1. The molecule has 0 bridgehead atoms. The number of hydrogen-bond acceptors (Lipinski definition) is 3. The van der Waals surface area contributed by atoms with E-state index in [1.54, 1.807) is 11.3 Å². The third kappa shape index (κ3) is 3.93. The molecule has 19 heavy (non-hydrogen) atoms. The standard InChI is InChI=1S/C16H19NOS/c1-3-16(18)14-4-6-15(7-5-14)17-12(2)10-13-8-9-19-11-13/h4-9,11-12,17H,3,10H2,1-2H3. The Morgan fingerprint density at radius 1 is 1.26 bits per heavy atom. The SMILES string of the molecule is CCC(=O)c1ccc(NC(C)Cc2ccsc2)cc1. The number of rotatable bonds is 6. The average Bonchev–Trinajstić information content (AvgIpc) is 2.91. The monoisotopic (exact) mass is 273 g/mol. The van der Waals surface area contributed by atoms with E-state index in [-0.39, 0.29) is 5.78 Å². The Labute approximate surface area is 118 Å². The van der Waals surface area contributed by atoms with Crippen molar-refractivity contribution in [1.29, 1.82) is 0 Å². The molecule has 1 aromatic carbocycles. The lowest BCUT2D eigenvalue weighted by Gasteiger charge is -2.14. The second-order valence-corrected chi connectivity index (χ2v) is 5.52. The molecule has 2 nitrogen and oxygen atoms in total. The normalized spacial score (nSPS) is 12.1. The zero-order chi connectivity index (χ0) is 13.7. The summed E-state index contributed by atoms with van der Waals surface area (Å²) in [6, 6.07) is 10.3.